The van der Waals surface area contributed by atoms with Gasteiger partial charge in [-0.2, -0.15) is 0 Å². The van der Waals surface area contributed by atoms with Crippen molar-refractivity contribution in [2.24, 2.45) is 0 Å². The van der Waals surface area contributed by atoms with Crippen LogP contribution in [-0.2, 0) is 6.54 Å². The van der Waals surface area contributed by atoms with Crippen molar-refractivity contribution in [2.45, 2.75) is 44.7 Å². The van der Waals surface area contributed by atoms with Gasteiger partial charge < -0.3 is 10.2 Å². The first-order valence-corrected chi connectivity index (χ1v) is 10.4. The highest BCUT2D eigenvalue weighted by Gasteiger charge is 2.22. The van der Waals surface area contributed by atoms with E-state index in [9.17, 15) is 4.79 Å². The summed E-state index contributed by atoms with van der Waals surface area (Å²) < 4.78 is 0. The minimum atomic E-state index is -0.112. The number of benzene rings is 1. The van der Waals surface area contributed by atoms with E-state index in [1.807, 2.05) is 12.1 Å². The molecular weight excluding hydrogens is 350 g/mol. The molecule has 0 bridgehead atoms. The molecule has 0 unspecified atom stereocenters. The summed E-state index contributed by atoms with van der Waals surface area (Å²) in [6.45, 7) is 5.04. The van der Waals surface area contributed by atoms with Crippen molar-refractivity contribution in [3.63, 3.8) is 0 Å². The third-order valence-electron chi connectivity index (χ3n) is 5.73. The molecule has 2 aliphatic heterocycles. The summed E-state index contributed by atoms with van der Waals surface area (Å²) in [5.41, 5.74) is 1.75. The molecule has 2 saturated heterocycles. The van der Waals surface area contributed by atoms with E-state index in [2.05, 4.69) is 49.6 Å². The number of hydrogen-bond donors (Lipinski definition) is 1. The molecule has 148 valence electrons. The molecule has 6 nitrogen and oxygen atoms in total. The lowest BCUT2D eigenvalue weighted by Crippen LogP contribution is -2.44. The number of rotatable bonds is 5. The van der Waals surface area contributed by atoms with Crippen LogP contribution in [0.5, 0.6) is 0 Å². The third-order valence-corrected chi connectivity index (χ3v) is 5.73. The van der Waals surface area contributed by atoms with Crippen molar-refractivity contribution >= 4 is 11.7 Å². The molecule has 2 aromatic rings. The quantitative estimate of drug-likeness (QED) is 0.866. The molecular formula is C22H29N5O. The second-order valence-electron chi connectivity index (χ2n) is 7.83. The molecule has 6 heteroatoms. The minimum absolute atomic E-state index is 0.112. The fourth-order valence-corrected chi connectivity index (χ4v) is 4.07. The zero-order chi connectivity index (χ0) is 19.2. The Bertz CT molecular complexity index is 750. The Hall–Kier alpha value is -2.47. The van der Waals surface area contributed by atoms with E-state index in [4.69, 9.17) is 0 Å². The summed E-state index contributed by atoms with van der Waals surface area (Å²) >= 11 is 0. The van der Waals surface area contributed by atoms with Crippen LogP contribution >= 0.6 is 0 Å². The third kappa shape index (κ3) is 4.87. The summed E-state index contributed by atoms with van der Waals surface area (Å²) in [6.07, 6.45) is 5.63. The Kier molecular flexibility index (Phi) is 6.17. The van der Waals surface area contributed by atoms with Crippen molar-refractivity contribution in [1.29, 1.82) is 0 Å². The molecule has 1 amide bonds. The maximum Gasteiger partial charge on any atom is 0.272 e. The van der Waals surface area contributed by atoms with Crippen LogP contribution in [0.1, 0.15) is 48.2 Å². The Balaban J connectivity index is 1.25. The standard InChI is InChI=1S/C22H29N5O/c28-22(20-9-10-21(25-24-20)27-13-5-2-6-14-27)23-19-11-15-26(16-12-19)17-18-7-3-1-4-8-18/h1,3-4,7-10,19H,2,5-6,11-17H2,(H,23,28). The zero-order valence-corrected chi connectivity index (χ0v) is 16.4. The molecule has 0 spiro atoms. The van der Waals surface area contributed by atoms with Crippen LogP contribution in [0.15, 0.2) is 42.5 Å². The van der Waals surface area contributed by atoms with Gasteiger partial charge in [-0.3, -0.25) is 9.69 Å². The molecule has 0 atom stereocenters. The van der Waals surface area contributed by atoms with Crippen LogP contribution in [0.2, 0.25) is 0 Å². The first-order valence-electron chi connectivity index (χ1n) is 10.4. The Labute approximate surface area is 166 Å². The maximum atomic E-state index is 12.5. The summed E-state index contributed by atoms with van der Waals surface area (Å²) in [7, 11) is 0. The van der Waals surface area contributed by atoms with Gasteiger partial charge in [0.1, 0.15) is 0 Å². The summed E-state index contributed by atoms with van der Waals surface area (Å²) in [4.78, 5) is 17.2. The zero-order valence-electron chi connectivity index (χ0n) is 16.4. The highest BCUT2D eigenvalue weighted by atomic mass is 16.2. The topological polar surface area (TPSA) is 61.4 Å². The van der Waals surface area contributed by atoms with E-state index >= 15 is 0 Å². The van der Waals surface area contributed by atoms with E-state index in [1.165, 1.54) is 24.8 Å². The average molecular weight is 380 g/mol. The van der Waals surface area contributed by atoms with Gasteiger partial charge >= 0.3 is 0 Å². The molecule has 2 aliphatic rings. The van der Waals surface area contributed by atoms with Gasteiger partial charge in [-0.1, -0.05) is 30.3 Å². The highest BCUT2D eigenvalue weighted by Crippen LogP contribution is 2.17. The van der Waals surface area contributed by atoms with Crippen LogP contribution < -0.4 is 10.2 Å². The lowest BCUT2D eigenvalue weighted by Gasteiger charge is -2.32. The van der Waals surface area contributed by atoms with Gasteiger partial charge in [0.2, 0.25) is 0 Å². The van der Waals surface area contributed by atoms with Gasteiger partial charge in [-0.25, -0.2) is 0 Å². The van der Waals surface area contributed by atoms with Crippen LogP contribution in [0, 0.1) is 0 Å². The summed E-state index contributed by atoms with van der Waals surface area (Å²) in [5.74, 6) is 0.768. The molecule has 2 fully saturated rings. The smallest absolute Gasteiger partial charge is 0.272 e. The van der Waals surface area contributed by atoms with Gasteiger partial charge in [0, 0.05) is 38.8 Å². The van der Waals surface area contributed by atoms with Crippen LogP contribution in [-0.4, -0.2) is 53.2 Å². The van der Waals surface area contributed by atoms with Gasteiger partial charge in [-0.15, -0.1) is 10.2 Å². The fourth-order valence-electron chi connectivity index (χ4n) is 4.07. The van der Waals surface area contributed by atoms with Crippen LogP contribution in [0.3, 0.4) is 0 Å². The number of likely N-dealkylation sites (tertiary alicyclic amines) is 1. The molecule has 1 aromatic carbocycles. The first-order chi connectivity index (χ1) is 13.8. The lowest BCUT2D eigenvalue weighted by molar-refractivity contribution is 0.0903. The Morgan fingerprint density at radius 1 is 0.929 bits per heavy atom. The van der Waals surface area contributed by atoms with Crippen LogP contribution in [0.4, 0.5) is 5.82 Å². The molecule has 28 heavy (non-hydrogen) atoms. The van der Waals surface area contributed by atoms with Crippen molar-refractivity contribution in [1.82, 2.24) is 20.4 Å². The lowest BCUT2D eigenvalue weighted by atomic mass is 10.0. The SMILES string of the molecule is O=C(NC1CCN(Cc2ccccc2)CC1)c1ccc(N2CCCCC2)nn1. The second-order valence-corrected chi connectivity index (χ2v) is 7.83. The van der Waals surface area contributed by atoms with E-state index in [-0.39, 0.29) is 11.9 Å². The Morgan fingerprint density at radius 3 is 2.36 bits per heavy atom. The average Bonchev–Trinajstić information content (AvgIpc) is 2.76. The molecule has 0 aliphatic carbocycles. The summed E-state index contributed by atoms with van der Waals surface area (Å²) in [5, 5.41) is 11.6. The number of nitrogens with zero attached hydrogens (tertiary/aromatic N) is 4. The van der Waals surface area contributed by atoms with E-state index in [1.54, 1.807) is 6.07 Å². The molecule has 0 saturated carbocycles. The second kappa shape index (κ2) is 9.15. The Morgan fingerprint density at radius 2 is 1.68 bits per heavy atom. The van der Waals surface area contributed by atoms with E-state index < -0.39 is 0 Å². The number of hydrogen-bond acceptors (Lipinski definition) is 5. The van der Waals surface area contributed by atoms with E-state index in [0.29, 0.717) is 5.69 Å². The minimum Gasteiger partial charge on any atom is -0.355 e. The van der Waals surface area contributed by atoms with Gasteiger partial charge in [0.25, 0.3) is 5.91 Å². The highest BCUT2D eigenvalue weighted by molar-refractivity contribution is 5.92. The number of anilines is 1. The molecule has 4 rings (SSSR count). The van der Waals surface area contributed by atoms with Gasteiger partial charge in [-0.05, 0) is 49.8 Å². The number of nitrogens with one attached hydrogen (secondary N) is 1. The van der Waals surface area contributed by atoms with Gasteiger partial charge in [0.15, 0.2) is 11.5 Å². The molecule has 1 N–H and O–H groups in total. The fraction of sp³-hybridized carbons (Fsp3) is 0.500. The number of aromatic nitrogens is 2. The number of piperidine rings is 2. The first kappa shape index (κ1) is 18.9. The largest absolute Gasteiger partial charge is 0.355 e. The number of carbonyl (C=O) groups is 1. The number of amides is 1. The molecule has 1 aromatic heterocycles. The van der Waals surface area contributed by atoms with Gasteiger partial charge in [0.05, 0.1) is 0 Å². The molecule has 3 heterocycles. The van der Waals surface area contributed by atoms with Crippen molar-refractivity contribution in [3.8, 4) is 0 Å². The number of carbonyl (C=O) groups excluding carboxylic acids is 1. The predicted octanol–water partition coefficient (Wildman–Crippen LogP) is 2.86. The summed E-state index contributed by atoms with van der Waals surface area (Å²) in [6, 6.07) is 14.5. The normalized spacial score (nSPS) is 18.8. The van der Waals surface area contributed by atoms with Crippen molar-refractivity contribution in [2.75, 3.05) is 31.1 Å². The molecule has 0 radical (unpaired) electrons. The predicted molar refractivity (Wildman–Crippen MR) is 110 cm³/mol. The van der Waals surface area contributed by atoms with Crippen molar-refractivity contribution < 1.29 is 4.79 Å². The monoisotopic (exact) mass is 379 g/mol. The van der Waals surface area contributed by atoms with Crippen LogP contribution in [0.25, 0.3) is 0 Å². The maximum absolute atomic E-state index is 12.5. The van der Waals surface area contributed by atoms with E-state index in [0.717, 1.165) is 51.4 Å². The van der Waals surface area contributed by atoms with Crippen molar-refractivity contribution in [3.05, 3.63) is 53.7 Å².